The second-order valence-electron chi connectivity index (χ2n) is 10.0. The first-order valence-electron chi connectivity index (χ1n) is 13.9. The van der Waals surface area contributed by atoms with Gasteiger partial charge in [-0.25, -0.2) is 14.6 Å². The van der Waals surface area contributed by atoms with Gasteiger partial charge in [0, 0.05) is 10.0 Å². The molecule has 0 unspecified atom stereocenters. The minimum atomic E-state index is -1.02. The van der Waals surface area contributed by atoms with E-state index in [9.17, 15) is 19.5 Å². The summed E-state index contributed by atoms with van der Waals surface area (Å²) in [5, 5.41) is 9.30. The molecule has 3 aromatic carbocycles. The number of aromatic nitrogens is 1. The molecule has 1 N–H and O–H groups in total. The zero-order valence-corrected chi connectivity index (χ0v) is 29.7. The molecule has 1 aliphatic rings. The first-order valence-corrected chi connectivity index (χ1v) is 16.6. The number of carboxylic acid groups (broad SMARTS) is 1. The maximum absolute atomic E-state index is 14.1. The van der Waals surface area contributed by atoms with Crippen molar-refractivity contribution in [1.29, 1.82) is 0 Å². The van der Waals surface area contributed by atoms with Crippen LogP contribution in [0.3, 0.4) is 0 Å². The van der Waals surface area contributed by atoms with Crippen molar-refractivity contribution in [1.82, 2.24) is 4.57 Å². The fourth-order valence-corrected chi connectivity index (χ4v) is 7.28. The number of thiazole rings is 1. The van der Waals surface area contributed by atoms with Crippen LogP contribution in [0.5, 0.6) is 17.2 Å². The van der Waals surface area contributed by atoms with Crippen molar-refractivity contribution in [2.75, 3.05) is 20.8 Å². The quantitative estimate of drug-likeness (QED) is 0.165. The van der Waals surface area contributed by atoms with Gasteiger partial charge in [0.1, 0.15) is 18.4 Å². The van der Waals surface area contributed by atoms with Gasteiger partial charge in [-0.05, 0) is 96.1 Å². The molecule has 2 heterocycles. The Bertz CT molecular complexity index is 2070. The molecule has 0 saturated carbocycles. The summed E-state index contributed by atoms with van der Waals surface area (Å²) in [6, 6.07) is 14.7. The van der Waals surface area contributed by atoms with Crippen LogP contribution in [-0.4, -0.2) is 42.4 Å². The van der Waals surface area contributed by atoms with Gasteiger partial charge in [-0.15, -0.1) is 0 Å². The number of rotatable bonds is 10. The van der Waals surface area contributed by atoms with Crippen LogP contribution >= 0.6 is 49.9 Å². The van der Waals surface area contributed by atoms with Crippen molar-refractivity contribution in [3.05, 3.63) is 116 Å². The molecule has 0 amide bonds. The second kappa shape index (κ2) is 14.2. The van der Waals surface area contributed by atoms with Gasteiger partial charge in [0.15, 0.2) is 16.3 Å². The van der Waals surface area contributed by atoms with Crippen LogP contribution in [0, 0.1) is 3.57 Å². The maximum Gasteiger partial charge on any atom is 0.338 e. The van der Waals surface area contributed by atoms with Gasteiger partial charge in [-0.3, -0.25) is 9.36 Å². The van der Waals surface area contributed by atoms with Crippen molar-refractivity contribution in [3.8, 4) is 17.2 Å². The number of ether oxygens (including phenoxy) is 4. The minimum Gasteiger partial charge on any atom is -0.496 e. The molecule has 10 nitrogen and oxygen atoms in total. The first-order chi connectivity index (χ1) is 22.1. The van der Waals surface area contributed by atoms with E-state index in [1.54, 1.807) is 50.3 Å². The van der Waals surface area contributed by atoms with E-state index in [2.05, 4.69) is 43.5 Å². The smallest absolute Gasteiger partial charge is 0.338 e. The molecule has 1 aromatic heterocycles. The predicted molar refractivity (Wildman–Crippen MR) is 185 cm³/mol. The molecule has 1 aliphatic heterocycles. The van der Waals surface area contributed by atoms with Crippen LogP contribution in [0.25, 0.3) is 6.08 Å². The lowest BCUT2D eigenvalue weighted by atomic mass is 9.95. The average molecular weight is 819 g/mol. The van der Waals surface area contributed by atoms with Gasteiger partial charge in [0.2, 0.25) is 0 Å². The summed E-state index contributed by atoms with van der Waals surface area (Å²) in [7, 11) is 3.05. The fourth-order valence-electron chi connectivity index (χ4n) is 5.07. The number of aromatic carboxylic acids is 1. The summed E-state index contributed by atoms with van der Waals surface area (Å²) in [6.07, 6.45) is 1.74. The number of nitrogens with zero attached hydrogens (tertiary/aromatic N) is 2. The number of hydrogen-bond acceptors (Lipinski definition) is 9. The normalized spacial score (nSPS) is 14.4. The van der Waals surface area contributed by atoms with Crippen molar-refractivity contribution >= 4 is 67.9 Å². The summed E-state index contributed by atoms with van der Waals surface area (Å²) in [5.41, 5.74) is 2.52. The molecule has 0 radical (unpaired) electrons. The number of methoxy groups -OCH3 is 2. The molecule has 238 valence electrons. The molecule has 4 aromatic rings. The Morgan fingerprint density at radius 1 is 1.11 bits per heavy atom. The lowest BCUT2D eigenvalue weighted by Crippen LogP contribution is -2.40. The highest BCUT2D eigenvalue weighted by atomic mass is 127. The fraction of sp³-hybridized carbons (Fsp3) is 0.212. The van der Waals surface area contributed by atoms with Gasteiger partial charge >= 0.3 is 11.9 Å². The van der Waals surface area contributed by atoms with E-state index in [0.717, 1.165) is 8.04 Å². The number of halogens is 2. The van der Waals surface area contributed by atoms with E-state index in [4.69, 9.17) is 18.9 Å². The second-order valence-corrected chi connectivity index (χ2v) is 13.1. The number of carbonyl (C=O) groups is 2. The standard InChI is InChI=1S/C33H28BrIN2O8S/c1-5-44-32(41)27-17(2)36-33-37(28(27)22-15-21(34)9-10-24(22)42-3)30(38)26(46-33)14-19-12-23(35)29(25(13-19)43-4)45-16-18-7-6-8-20(11-18)31(39)40/h6-15,28H,5,16H2,1-4H3,(H,39,40)/b26-14+/t28-/m0/s1. The van der Waals surface area contributed by atoms with Crippen molar-refractivity contribution < 1.29 is 33.6 Å². The maximum atomic E-state index is 14.1. The van der Waals surface area contributed by atoms with Crippen molar-refractivity contribution in [2.24, 2.45) is 4.99 Å². The SMILES string of the molecule is CCOC(=O)C1=C(C)N=c2s/c(=C/c3cc(I)c(OCc4cccc(C(=O)O)c4)c(OC)c3)c(=O)n2[C@H]1c1cc(Br)ccc1OC. The molecule has 0 aliphatic carbocycles. The third-order valence-corrected chi connectivity index (χ3v) is 9.39. The zero-order chi connectivity index (χ0) is 33.1. The Hall–Kier alpha value is -3.95. The largest absolute Gasteiger partial charge is 0.496 e. The molecule has 0 saturated heterocycles. The van der Waals surface area contributed by atoms with E-state index < -0.39 is 18.0 Å². The van der Waals surface area contributed by atoms with E-state index in [-0.39, 0.29) is 29.9 Å². The number of allylic oxidation sites excluding steroid dienone is 1. The van der Waals surface area contributed by atoms with E-state index >= 15 is 0 Å². The molecule has 1 atom stereocenters. The predicted octanol–water partition coefficient (Wildman–Crippen LogP) is 5.46. The first kappa shape index (κ1) is 33.4. The Balaban J connectivity index is 1.59. The number of esters is 1. The number of carbonyl (C=O) groups excluding carboxylic acids is 1. The highest BCUT2D eigenvalue weighted by Gasteiger charge is 2.35. The molecule has 0 bridgehead atoms. The zero-order valence-electron chi connectivity index (χ0n) is 25.1. The Morgan fingerprint density at radius 3 is 2.57 bits per heavy atom. The monoisotopic (exact) mass is 818 g/mol. The highest BCUT2D eigenvalue weighted by Crippen LogP contribution is 2.38. The summed E-state index contributed by atoms with van der Waals surface area (Å²) in [6.45, 7) is 3.75. The van der Waals surface area contributed by atoms with E-state index in [1.807, 2.05) is 18.2 Å². The van der Waals surface area contributed by atoms with Gasteiger partial charge in [-0.1, -0.05) is 39.4 Å². The average Bonchev–Trinajstić information content (AvgIpc) is 3.33. The number of fused-ring (bicyclic) bond motifs is 1. The molecule has 13 heteroatoms. The van der Waals surface area contributed by atoms with Crippen molar-refractivity contribution in [3.63, 3.8) is 0 Å². The van der Waals surface area contributed by atoms with Crippen LogP contribution in [0.4, 0.5) is 0 Å². The van der Waals surface area contributed by atoms with Crippen LogP contribution in [0.1, 0.15) is 46.9 Å². The third-order valence-electron chi connectivity index (χ3n) is 7.11. The number of hydrogen-bond donors (Lipinski definition) is 1. The third kappa shape index (κ3) is 6.76. The Kier molecular flexibility index (Phi) is 10.3. The van der Waals surface area contributed by atoms with Gasteiger partial charge in [0.25, 0.3) is 5.56 Å². The number of carboxylic acids is 1. The van der Waals surface area contributed by atoms with Crippen LogP contribution in [0.2, 0.25) is 0 Å². The van der Waals surface area contributed by atoms with Crippen LogP contribution in [0.15, 0.2) is 80.1 Å². The Morgan fingerprint density at radius 2 is 1.87 bits per heavy atom. The summed E-state index contributed by atoms with van der Waals surface area (Å²) in [4.78, 5) is 43.8. The van der Waals surface area contributed by atoms with Crippen LogP contribution < -0.4 is 29.1 Å². The molecule has 0 fully saturated rings. The lowest BCUT2D eigenvalue weighted by molar-refractivity contribution is -0.139. The Labute approximate surface area is 289 Å². The summed E-state index contributed by atoms with van der Waals surface area (Å²) < 4.78 is 26.1. The molecule has 5 rings (SSSR count). The molecular weight excluding hydrogens is 791 g/mol. The van der Waals surface area contributed by atoms with Gasteiger partial charge in [0.05, 0.1) is 45.8 Å². The van der Waals surface area contributed by atoms with Crippen molar-refractivity contribution in [2.45, 2.75) is 26.5 Å². The molecule has 0 spiro atoms. The van der Waals surface area contributed by atoms with E-state index in [0.29, 0.717) is 49.0 Å². The molecular formula is C33H28BrIN2O8S. The number of benzene rings is 3. The van der Waals surface area contributed by atoms with Gasteiger partial charge < -0.3 is 24.1 Å². The van der Waals surface area contributed by atoms with Crippen LogP contribution in [-0.2, 0) is 16.1 Å². The topological polar surface area (TPSA) is 126 Å². The minimum absolute atomic E-state index is 0.132. The summed E-state index contributed by atoms with van der Waals surface area (Å²) >= 11 is 6.85. The van der Waals surface area contributed by atoms with E-state index in [1.165, 1.54) is 36.2 Å². The highest BCUT2D eigenvalue weighted by molar-refractivity contribution is 14.1. The molecule has 46 heavy (non-hydrogen) atoms. The summed E-state index contributed by atoms with van der Waals surface area (Å²) in [5.74, 6) is -0.145. The lowest BCUT2D eigenvalue weighted by Gasteiger charge is -2.26. The van der Waals surface area contributed by atoms with Gasteiger partial charge in [-0.2, -0.15) is 0 Å².